The zero-order valence-corrected chi connectivity index (χ0v) is 14.9. The van der Waals surface area contributed by atoms with E-state index in [9.17, 15) is 4.79 Å². The van der Waals surface area contributed by atoms with E-state index in [4.69, 9.17) is 4.74 Å². The molecule has 1 heterocycles. The average molecular weight is 337 g/mol. The Morgan fingerprint density at radius 2 is 2.13 bits per heavy atom. The molecular formula is C17H27N3O2S. The standard InChI is InChI=1S/C17H27N3O2S/c1-14-15(13-20-7-10-23-11-8-20)4-3-5-16(14)19-17(21)12-18-6-9-22-2/h3-5,18H,6-13H2,1-2H3,(H,19,21). The first-order chi connectivity index (χ1) is 11.2. The summed E-state index contributed by atoms with van der Waals surface area (Å²) in [5.74, 6) is 2.40. The molecule has 0 unspecified atom stereocenters. The number of hydrogen-bond acceptors (Lipinski definition) is 5. The Hall–Kier alpha value is -1.08. The Labute approximate surface area is 143 Å². The Balaban J connectivity index is 1.89. The predicted molar refractivity (Wildman–Crippen MR) is 97.2 cm³/mol. The van der Waals surface area contributed by atoms with Crippen molar-refractivity contribution in [2.75, 3.05) is 56.7 Å². The summed E-state index contributed by atoms with van der Waals surface area (Å²) >= 11 is 2.02. The molecule has 2 rings (SSSR count). The van der Waals surface area contributed by atoms with Crippen LogP contribution in [0.2, 0.25) is 0 Å². The molecule has 1 saturated heterocycles. The van der Waals surface area contributed by atoms with Gasteiger partial charge < -0.3 is 15.4 Å². The fourth-order valence-corrected chi connectivity index (χ4v) is 3.54. The van der Waals surface area contributed by atoms with Crippen molar-refractivity contribution < 1.29 is 9.53 Å². The number of ether oxygens (including phenoxy) is 1. The molecule has 0 aromatic heterocycles. The zero-order chi connectivity index (χ0) is 16.5. The third-order valence-electron chi connectivity index (χ3n) is 3.99. The summed E-state index contributed by atoms with van der Waals surface area (Å²) in [6, 6.07) is 6.15. The highest BCUT2D eigenvalue weighted by Gasteiger charge is 2.13. The zero-order valence-electron chi connectivity index (χ0n) is 14.1. The molecule has 0 radical (unpaired) electrons. The number of carbonyl (C=O) groups is 1. The van der Waals surface area contributed by atoms with E-state index in [0.717, 1.165) is 30.9 Å². The predicted octanol–water partition coefficient (Wildman–Crippen LogP) is 1.72. The minimum absolute atomic E-state index is 0.0178. The Kier molecular flexibility index (Phi) is 7.88. The highest BCUT2D eigenvalue weighted by atomic mass is 32.2. The number of nitrogens with zero attached hydrogens (tertiary/aromatic N) is 1. The molecule has 128 valence electrons. The van der Waals surface area contributed by atoms with E-state index >= 15 is 0 Å². The van der Waals surface area contributed by atoms with Crippen molar-refractivity contribution in [2.45, 2.75) is 13.5 Å². The molecule has 0 atom stereocenters. The van der Waals surface area contributed by atoms with E-state index in [2.05, 4.69) is 28.5 Å². The molecule has 1 fully saturated rings. The van der Waals surface area contributed by atoms with Gasteiger partial charge in [-0.25, -0.2) is 0 Å². The molecule has 1 aliphatic rings. The highest BCUT2D eigenvalue weighted by molar-refractivity contribution is 7.99. The van der Waals surface area contributed by atoms with Crippen molar-refractivity contribution >= 4 is 23.4 Å². The van der Waals surface area contributed by atoms with Gasteiger partial charge in [0, 0.05) is 50.5 Å². The van der Waals surface area contributed by atoms with Gasteiger partial charge in [0.2, 0.25) is 5.91 Å². The van der Waals surface area contributed by atoms with Gasteiger partial charge in [-0.3, -0.25) is 9.69 Å². The maximum atomic E-state index is 12.0. The van der Waals surface area contributed by atoms with Crippen LogP contribution in [0.1, 0.15) is 11.1 Å². The van der Waals surface area contributed by atoms with Crippen LogP contribution in [0.15, 0.2) is 18.2 Å². The van der Waals surface area contributed by atoms with Gasteiger partial charge in [-0.15, -0.1) is 0 Å². The molecule has 1 aromatic carbocycles. The quantitative estimate of drug-likeness (QED) is 0.708. The average Bonchev–Trinajstić information content (AvgIpc) is 2.56. The van der Waals surface area contributed by atoms with Gasteiger partial charge in [0.15, 0.2) is 0 Å². The lowest BCUT2D eigenvalue weighted by molar-refractivity contribution is -0.115. The van der Waals surface area contributed by atoms with Crippen LogP contribution in [0.4, 0.5) is 5.69 Å². The highest BCUT2D eigenvalue weighted by Crippen LogP contribution is 2.21. The second kappa shape index (κ2) is 9.93. The minimum atomic E-state index is -0.0178. The number of thioether (sulfide) groups is 1. The summed E-state index contributed by atoms with van der Waals surface area (Å²) in [4.78, 5) is 14.5. The normalized spacial score (nSPS) is 15.6. The lowest BCUT2D eigenvalue weighted by Crippen LogP contribution is -2.32. The van der Waals surface area contributed by atoms with Crippen molar-refractivity contribution in [3.63, 3.8) is 0 Å². The van der Waals surface area contributed by atoms with Crippen LogP contribution in [0.25, 0.3) is 0 Å². The van der Waals surface area contributed by atoms with Crippen molar-refractivity contribution in [3.8, 4) is 0 Å². The minimum Gasteiger partial charge on any atom is -0.383 e. The van der Waals surface area contributed by atoms with Crippen LogP contribution in [0, 0.1) is 6.92 Å². The van der Waals surface area contributed by atoms with Crippen molar-refractivity contribution in [1.82, 2.24) is 10.2 Å². The molecule has 0 spiro atoms. The smallest absolute Gasteiger partial charge is 0.238 e. The monoisotopic (exact) mass is 337 g/mol. The summed E-state index contributed by atoms with van der Waals surface area (Å²) < 4.78 is 4.95. The van der Waals surface area contributed by atoms with Gasteiger partial charge in [-0.05, 0) is 24.1 Å². The Bertz CT molecular complexity index is 505. The molecule has 1 amide bonds. The molecule has 5 nitrogen and oxygen atoms in total. The second-order valence-electron chi connectivity index (χ2n) is 5.70. The van der Waals surface area contributed by atoms with Gasteiger partial charge in [0.05, 0.1) is 13.2 Å². The van der Waals surface area contributed by atoms with Crippen LogP contribution >= 0.6 is 11.8 Å². The third-order valence-corrected chi connectivity index (χ3v) is 4.93. The van der Waals surface area contributed by atoms with Gasteiger partial charge >= 0.3 is 0 Å². The number of benzene rings is 1. The second-order valence-corrected chi connectivity index (χ2v) is 6.92. The summed E-state index contributed by atoms with van der Waals surface area (Å²) in [7, 11) is 1.65. The van der Waals surface area contributed by atoms with E-state index in [1.807, 2.05) is 23.9 Å². The van der Waals surface area contributed by atoms with Crippen LogP contribution in [-0.4, -0.2) is 62.2 Å². The van der Waals surface area contributed by atoms with Gasteiger partial charge in [-0.2, -0.15) is 11.8 Å². The van der Waals surface area contributed by atoms with Gasteiger partial charge in [-0.1, -0.05) is 12.1 Å². The Morgan fingerprint density at radius 3 is 2.87 bits per heavy atom. The van der Waals surface area contributed by atoms with Gasteiger partial charge in [0.1, 0.15) is 0 Å². The maximum Gasteiger partial charge on any atom is 0.238 e. The fourth-order valence-electron chi connectivity index (χ4n) is 2.56. The molecule has 2 N–H and O–H groups in total. The fraction of sp³-hybridized carbons (Fsp3) is 0.588. The molecule has 0 aliphatic carbocycles. The molecule has 6 heteroatoms. The molecule has 1 aliphatic heterocycles. The number of carbonyl (C=O) groups excluding carboxylic acids is 1. The number of anilines is 1. The van der Waals surface area contributed by atoms with Crippen LogP contribution in [0.3, 0.4) is 0 Å². The first kappa shape index (κ1) is 18.3. The van der Waals surface area contributed by atoms with Crippen molar-refractivity contribution in [1.29, 1.82) is 0 Å². The number of rotatable bonds is 8. The van der Waals surface area contributed by atoms with Crippen LogP contribution in [-0.2, 0) is 16.1 Å². The molecule has 0 bridgehead atoms. The van der Waals surface area contributed by atoms with Crippen LogP contribution in [0.5, 0.6) is 0 Å². The third kappa shape index (κ3) is 6.14. The van der Waals surface area contributed by atoms with Crippen molar-refractivity contribution in [3.05, 3.63) is 29.3 Å². The summed E-state index contributed by atoms with van der Waals surface area (Å²) in [5.41, 5.74) is 3.37. The number of methoxy groups -OCH3 is 1. The topological polar surface area (TPSA) is 53.6 Å². The summed E-state index contributed by atoms with van der Waals surface area (Å²) in [6.45, 7) is 6.92. The Morgan fingerprint density at radius 1 is 1.35 bits per heavy atom. The molecule has 0 saturated carbocycles. The lowest BCUT2D eigenvalue weighted by Gasteiger charge is -2.27. The SMILES string of the molecule is COCCNCC(=O)Nc1cccc(CN2CCSCC2)c1C. The molecular weight excluding hydrogens is 310 g/mol. The summed E-state index contributed by atoms with van der Waals surface area (Å²) in [6.07, 6.45) is 0. The number of hydrogen-bond donors (Lipinski definition) is 2. The number of amides is 1. The number of nitrogens with one attached hydrogen (secondary N) is 2. The van der Waals surface area contributed by atoms with E-state index in [0.29, 0.717) is 19.7 Å². The van der Waals surface area contributed by atoms with E-state index in [1.54, 1.807) is 7.11 Å². The van der Waals surface area contributed by atoms with Crippen molar-refractivity contribution in [2.24, 2.45) is 0 Å². The first-order valence-electron chi connectivity index (χ1n) is 8.09. The first-order valence-corrected chi connectivity index (χ1v) is 9.24. The maximum absolute atomic E-state index is 12.0. The van der Waals surface area contributed by atoms with Gasteiger partial charge in [0.25, 0.3) is 0 Å². The van der Waals surface area contributed by atoms with E-state index in [1.165, 1.54) is 17.1 Å². The largest absolute Gasteiger partial charge is 0.383 e. The van der Waals surface area contributed by atoms with E-state index < -0.39 is 0 Å². The lowest BCUT2D eigenvalue weighted by atomic mass is 10.1. The van der Waals surface area contributed by atoms with E-state index in [-0.39, 0.29) is 5.91 Å². The van der Waals surface area contributed by atoms with Crippen LogP contribution < -0.4 is 10.6 Å². The molecule has 1 aromatic rings. The molecule has 23 heavy (non-hydrogen) atoms. The summed E-state index contributed by atoms with van der Waals surface area (Å²) in [5, 5.41) is 6.06.